The normalized spacial score (nSPS) is 11.4. The van der Waals surface area contributed by atoms with Crippen molar-refractivity contribution in [3.8, 4) is 11.1 Å². The van der Waals surface area contributed by atoms with Crippen LogP contribution >= 0.6 is 24.0 Å². The Bertz CT molecular complexity index is 1380. The lowest BCUT2D eigenvalue weighted by molar-refractivity contribution is -0.111. The Morgan fingerprint density at radius 1 is 0.879 bits per heavy atom. The van der Waals surface area contributed by atoms with Crippen LogP contribution in [0, 0.1) is 0 Å². The van der Waals surface area contributed by atoms with Crippen LogP contribution < -0.4 is 10.0 Å². The zero-order chi connectivity index (χ0) is 23.3. The Morgan fingerprint density at radius 3 is 2.18 bits per heavy atom. The largest absolute Gasteiger partial charge is 0.297 e. The zero-order valence-corrected chi connectivity index (χ0v) is 19.6. The maximum Gasteiger partial charge on any atom is 0.261 e. The summed E-state index contributed by atoms with van der Waals surface area (Å²) >= 11 is 5.20. The van der Waals surface area contributed by atoms with Crippen LogP contribution in [0.2, 0.25) is 0 Å². The standard InChI is InChI=1S/C23H18N4O3S3/c28-21(24-22-25-26-23(31)32-22)15-8-16-6-11-19(12-7-16)27-33(29,30)20-13-9-18(10-14-20)17-4-2-1-3-5-17/h1-15,27H,(H,26,31)(H,24,25,28)/b15-8+. The van der Waals surface area contributed by atoms with E-state index in [4.69, 9.17) is 0 Å². The van der Waals surface area contributed by atoms with Crippen molar-refractivity contribution in [2.75, 3.05) is 10.0 Å². The van der Waals surface area contributed by atoms with Crippen LogP contribution in [0.4, 0.5) is 10.8 Å². The molecule has 4 aromatic rings. The highest BCUT2D eigenvalue weighted by Gasteiger charge is 2.14. The van der Waals surface area contributed by atoms with Gasteiger partial charge in [-0.3, -0.25) is 14.8 Å². The molecule has 2 N–H and O–H groups in total. The average molecular weight is 495 g/mol. The van der Waals surface area contributed by atoms with Gasteiger partial charge in [-0.1, -0.05) is 65.9 Å². The molecule has 0 saturated carbocycles. The maximum atomic E-state index is 12.7. The van der Waals surface area contributed by atoms with Crippen LogP contribution in [-0.4, -0.2) is 24.5 Å². The van der Waals surface area contributed by atoms with E-state index in [9.17, 15) is 13.2 Å². The van der Waals surface area contributed by atoms with E-state index in [0.717, 1.165) is 28.0 Å². The molecule has 33 heavy (non-hydrogen) atoms. The summed E-state index contributed by atoms with van der Waals surface area (Å²) in [5.74, 6) is -0.358. The second-order valence-corrected chi connectivity index (χ2v) is 10.2. The number of hydrogen-bond acceptors (Lipinski definition) is 7. The smallest absolute Gasteiger partial charge is 0.261 e. The summed E-state index contributed by atoms with van der Waals surface area (Å²) in [5, 5.41) is 10.4. The fraction of sp³-hybridized carbons (Fsp3) is 0. The van der Waals surface area contributed by atoms with Gasteiger partial charge >= 0.3 is 0 Å². The van der Waals surface area contributed by atoms with E-state index in [0.29, 0.717) is 15.2 Å². The third kappa shape index (κ3) is 6.07. The highest BCUT2D eigenvalue weighted by molar-refractivity contribution is 7.92. The Labute approximate surface area is 200 Å². The number of carbonyl (C=O) groups excluding carboxylic acids is 1. The quantitative estimate of drug-likeness (QED) is 0.192. The van der Waals surface area contributed by atoms with Gasteiger partial charge < -0.3 is 0 Å². The van der Waals surface area contributed by atoms with Crippen molar-refractivity contribution in [2.45, 2.75) is 9.24 Å². The number of sulfonamides is 1. The van der Waals surface area contributed by atoms with E-state index in [1.807, 2.05) is 30.3 Å². The molecule has 1 heterocycles. The van der Waals surface area contributed by atoms with Gasteiger partial charge in [0, 0.05) is 11.8 Å². The fourth-order valence-corrected chi connectivity index (χ4v) is 4.77. The molecule has 0 aliphatic heterocycles. The lowest BCUT2D eigenvalue weighted by Gasteiger charge is -2.09. The second-order valence-electron chi connectivity index (χ2n) is 6.83. The SMILES string of the molecule is O=C(/C=C/c1ccc(NS(=O)(=O)c2ccc(-c3ccccc3)cc2)cc1)Nc1nnc(S)s1. The van der Waals surface area contributed by atoms with Gasteiger partial charge in [-0.25, -0.2) is 8.42 Å². The number of amides is 1. The lowest BCUT2D eigenvalue weighted by Crippen LogP contribution is -2.12. The highest BCUT2D eigenvalue weighted by atomic mass is 32.2. The molecular formula is C23H18N4O3S3. The molecule has 0 radical (unpaired) electrons. The number of aromatic nitrogens is 2. The van der Waals surface area contributed by atoms with Crippen LogP contribution in [-0.2, 0) is 14.8 Å². The second kappa shape index (κ2) is 9.99. The minimum absolute atomic E-state index is 0.170. The molecular weight excluding hydrogens is 476 g/mol. The molecule has 0 aliphatic rings. The Kier molecular flexibility index (Phi) is 6.87. The fourth-order valence-electron chi connectivity index (χ4n) is 2.92. The Hall–Kier alpha value is -3.47. The molecule has 0 aliphatic carbocycles. The predicted molar refractivity (Wildman–Crippen MR) is 134 cm³/mol. The molecule has 0 saturated heterocycles. The van der Waals surface area contributed by atoms with Crippen LogP contribution in [0.25, 0.3) is 17.2 Å². The minimum atomic E-state index is -3.73. The van der Waals surface area contributed by atoms with Crippen molar-refractivity contribution in [1.82, 2.24) is 10.2 Å². The van der Waals surface area contributed by atoms with E-state index in [-0.39, 0.29) is 10.8 Å². The van der Waals surface area contributed by atoms with Gasteiger partial charge in [-0.15, -0.1) is 22.8 Å². The number of nitrogens with zero attached hydrogens (tertiary/aromatic N) is 2. The van der Waals surface area contributed by atoms with E-state index in [1.165, 1.54) is 6.08 Å². The Balaban J connectivity index is 1.39. The number of hydrogen-bond donors (Lipinski definition) is 3. The number of nitrogens with one attached hydrogen (secondary N) is 2. The average Bonchev–Trinajstić information content (AvgIpc) is 3.23. The predicted octanol–water partition coefficient (Wildman–Crippen LogP) is 4.95. The molecule has 3 aromatic carbocycles. The number of thiol groups is 1. The van der Waals surface area contributed by atoms with Crippen molar-refractivity contribution >= 4 is 56.8 Å². The lowest BCUT2D eigenvalue weighted by atomic mass is 10.1. The molecule has 0 unspecified atom stereocenters. The van der Waals surface area contributed by atoms with E-state index < -0.39 is 10.0 Å². The number of anilines is 2. The summed E-state index contributed by atoms with van der Waals surface area (Å²) in [7, 11) is -3.73. The summed E-state index contributed by atoms with van der Waals surface area (Å²) in [6, 6.07) is 23.1. The van der Waals surface area contributed by atoms with Crippen molar-refractivity contribution in [2.24, 2.45) is 0 Å². The van der Waals surface area contributed by atoms with E-state index in [1.54, 1.807) is 54.6 Å². The minimum Gasteiger partial charge on any atom is -0.297 e. The molecule has 4 rings (SSSR count). The van der Waals surface area contributed by atoms with Crippen LogP contribution in [0.15, 0.2) is 94.2 Å². The molecule has 7 nitrogen and oxygen atoms in total. The highest BCUT2D eigenvalue weighted by Crippen LogP contribution is 2.23. The van der Waals surface area contributed by atoms with Gasteiger partial charge in [0.05, 0.1) is 4.90 Å². The maximum absolute atomic E-state index is 12.7. The van der Waals surface area contributed by atoms with Gasteiger partial charge in [-0.05, 0) is 47.0 Å². The van der Waals surface area contributed by atoms with Gasteiger partial charge in [-0.2, -0.15) is 0 Å². The summed E-state index contributed by atoms with van der Waals surface area (Å²) < 4.78 is 28.5. The molecule has 0 fully saturated rings. The van der Waals surface area contributed by atoms with Crippen molar-refractivity contribution in [3.63, 3.8) is 0 Å². The summed E-state index contributed by atoms with van der Waals surface area (Å²) in [5.41, 5.74) is 3.10. The zero-order valence-electron chi connectivity index (χ0n) is 17.0. The van der Waals surface area contributed by atoms with E-state index >= 15 is 0 Å². The first-order valence-electron chi connectivity index (χ1n) is 9.69. The summed E-state index contributed by atoms with van der Waals surface area (Å²) in [6.45, 7) is 0. The van der Waals surface area contributed by atoms with Crippen molar-refractivity contribution < 1.29 is 13.2 Å². The van der Waals surface area contributed by atoms with Crippen molar-refractivity contribution in [3.05, 3.63) is 90.5 Å². The third-order valence-corrected chi connectivity index (χ3v) is 6.91. The first-order chi connectivity index (χ1) is 15.9. The first kappa shape index (κ1) is 22.7. The molecule has 166 valence electrons. The third-order valence-electron chi connectivity index (χ3n) is 4.51. The summed E-state index contributed by atoms with van der Waals surface area (Å²) in [4.78, 5) is 12.1. The van der Waals surface area contributed by atoms with Crippen molar-refractivity contribution in [1.29, 1.82) is 0 Å². The monoisotopic (exact) mass is 494 g/mol. The molecule has 0 atom stereocenters. The van der Waals surface area contributed by atoms with E-state index in [2.05, 4.69) is 32.9 Å². The van der Waals surface area contributed by atoms with Gasteiger partial charge in [0.25, 0.3) is 10.0 Å². The molecule has 1 amide bonds. The van der Waals surface area contributed by atoms with Crippen LogP contribution in [0.5, 0.6) is 0 Å². The number of rotatable bonds is 7. The molecule has 10 heteroatoms. The molecule has 0 bridgehead atoms. The van der Waals surface area contributed by atoms with Crippen LogP contribution in [0.3, 0.4) is 0 Å². The van der Waals surface area contributed by atoms with Crippen LogP contribution in [0.1, 0.15) is 5.56 Å². The van der Waals surface area contributed by atoms with Gasteiger partial charge in [0.2, 0.25) is 11.0 Å². The summed E-state index contributed by atoms with van der Waals surface area (Å²) in [6.07, 6.45) is 2.96. The number of carbonyl (C=O) groups is 1. The van der Waals surface area contributed by atoms with Gasteiger partial charge in [0.1, 0.15) is 0 Å². The Morgan fingerprint density at radius 2 is 1.55 bits per heavy atom. The topological polar surface area (TPSA) is 101 Å². The number of benzene rings is 3. The van der Waals surface area contributed by atoms with Gasteiger partial charge in [0.15, 0.2) is 4.34 Å². The first-order valence-corrected chi connectivity index (χ1v) is 12.4. The molecule has 1 aromatic heterocycles. The molecule has 0 spiro atoms.